The van der Waals surface area contributed by atoms with Crippen molar-refractivity contribution in [3.05, 3.63) is 16.5 Å². The molecule has 0 aromatic carbocycles. The molecule has 1 aromatic heterocycles. The molecule has 0 amide bonds. The molecule has 5 nitrogen and oxygen atoms in total. The van der Waals surface area contributed by atoms with Crippen molar-refractivity contribution in [1.29, 1.82) is 0 Å². The van der Waals surface area contributed by atoms with Gasteiger partial charge in [0.05, 0.1) is 10.4 Å². The zero-order valence-electron chi connectivity index (χ0n) is 12.0. The van der Waals surface area contributed by atoms with Crippen LogP contribution < -0.4 is 4.72 Å². The van der Waals surface area contributed by atoms with Crippen LogP contribution in [0, 0.1) is 0 Å². The van der Waals surface area contributed by atoms with Crippen LogP contribution in [0.1, 0.15) is 20.3 Å². The lowest BCUT2D eigenvalue weighted by molar-refractivity contribution is -0.149. The number of sulfonamides is 1. The van der Waals surface area contributed by atoms with Gasteiger partial charge in [-0.3, -0.25) is 4.79 Å². The van der Waals surface area contributed by atoms with Crippen LogP contribution in [0.2, 0.25) is 4.34 Å². The lowest BCUT2D eigenvalue weighted by Crippen LogP contribution is -2.42. The number of hydrogen-bond donors (Lipinski definition) is 1. The Labute approximate surface area is 138 Å². The second kappa shape index (κ2) is 8.38. The zero-order valence-corrected chi connectivity index (χ0v) is 15.2. The highest BCUT2D eigenvalue weighted by Crippen LogP contribution is 2.25. The fourth-order valence-corrected chi connectivity index (χ4v) is 4.65. The number of hydrogen-bond acceptors (Lipinski definition) is 6. The van der Waals surface area contributed by atoms with Crippen LogP contribution in [0.5, 0.6) is 0 Å². The van der Waals surface area contributed by atoms with E-state index in [1.807, 2.05) is 6.26 Å². The second-order valence-electron chi connectivity index (χ2n) is 4.50. The number of esters is 1. The molecule has 1 aromatic rings. The molecular weight excluding hydrogens is 354 g/mol. The van der Waals surface area contributed by atoms with Crippen LogP contribution in [-0.4, -0.2) is 38.5 Å². The minimum absolute atomic E-state index is 0.0824. The molecule has 0 bridgehead atoms. The molecule has 0 saturated carbocycles. The van der Waals surface area contributed by atoms with E-state index in [0.29, 0.717) is 16.5 Å². The number of halogens is 1. The molecule has 1 atom stereocenters. The van der Waals surface area contributed by atoms with E-state index in [-0.39, 0.29) is 10.3 Å². The number of nitrogens with one attached hydrogen (secondary N) is 1. The maximum absolute atomic E-state index is 12.2. The van der Waals surface area contributed by atoms with Crippen LogP contribution in [0.15, 0.2) is 16.3 Å². The average molecular weight is 372 g/mol. The Morgan fingerprint density at radius 2 is 2.14 bits per heavy atom. The molecule has 0 aliphatic heterocycles. The number of carbonyl (C=O) groups excluding carboxylic acids is 1. The molecule has 1 N–H and O–H groups in total. The first-order valence-corrected chi connectivity index (χ1v) is 10.3. The molecule has 0 aliphatic carbocycles. The standard InChI is InChI=1S/C12H18ClNO4S3/c1-8(2)18-12(15)9(6-7-19-3)14-21(16,17)11-5-4-10(13)20-11/h4-5,8-9,14H,6-7H2,1-3H3. The molecule has 21 heavy (non-hydrogen) atoms. The van der Waals surface area contributed by atoms with E-state index >= 15 is 0 Å². The zero-order chi connectivity index (χ0) is 16.0. The van der Waals surface area contributed by atoms with Crippen LogP contribution in [0.25, 0.3) is 0 Å². The molecule has 120 valence electrons. The fraction of sp³-hybridized carbons (Fsp3) is 0.583. The summed E-state index contributed by atoms with van der Waals surface area (Å²) in [6.07, 6.45) is 1.96. The topological polar surface area (TPSA) is 72.5 Å². The largest absolute Gasteiger partial charge is 0.462 e. The molecule has 0 radical (unpaired) electrons. The van der Waals surface area contributed by atoms with Crippen LogP contribution in [0.3, 0.4) is 0 Å². The Bertz CT molecular complexity index is 571. The molecule has 1 unspecified atom stereocenters. The van der Waals surface area contributed by atoms with E-state index in [4.69, 9.17) is 16.3 Å². The van der Waals surface area contributed by atoms with Crippen molar-refractivity contribution >= 4 is 50.7 Å². The van der Waals surface area contributed by atoms with Gasteiger partial charge in [0.15, 0.2) is 0 Å². The number of rotatable bonds is 8. The average Bonchev–Trinajstić information content (AvgIpc) is 2.81. The lowest BCUT2D eigenvalue weighted by Gasteiger charge is -2.18. The molecule has 1 rings (SSSR count). The van der Waals surface area contributed by atoms with E-state index in [9.17, 15) is 13.2 Å². The summed E-state index contributed by atoms with van der Waals surface area (Å²) < 4.78 is 32.4. The Kier molecular flexibility index (Phi) is 7.49. The summed E-state index contributed by atoms with van der Waals surface area (Å²) in [5.74, 6) is 0.0799. The van der Waals surface area contributed by atoms with Crippen LogP contribution >= 0.6 is 34.7 Å². The molecule has 9 heteroatoms. The summed E-state index contributed by atoms with van der Waals surface area (Å²) in [6.45, 7) is 3.44. The minimum Gasteiger partial charge on any atom is -0.462 e. The van der Waals surface area contributed by atoms with Gasteiger partial charge in [-0.05, 0) is 44.4 Å². The number of thiophene rings is 1. The van der Waals surface area contributed by atoms with E-state index in [0.717, 1.165) is 11.3 Å². The Hall–Kier alpha value is -0.280. The summed E-state index contributed by atoms with van der Waals surface area (Å²) in [6, 6.07) is 2.02. The van der Waals surface area contributed by atoms with Gasteiger partial charge < -0.3 is 4.74 Å². The molecular formula is C12H18ClNO4S3. The third-order valence-corrected chi connectivity index (χ3v) is 6.20. The van der Waals surface area contributed by atoms with Gasteiger partial charge in [-0.15, -0.1) is 11.3 Å². The molecule has 0 spiro atoms. The predicted molar refractivity (Wildman–Crippen MR) is 87.7 cm³/mol. The lowest BCUT2D eigenvalue weighted by atomic mass is 10.2. The Balaban J connectivity index is 2.86. The number of carbonyl (C=O) groups is 1. The SMILES string of the molecule is CSCCC(NS(=O)(=O)c1ccc(Cl)s1)C(=O)OC(C)C. The van der Waals surface area contributed by atoms with Crippen LogP contribution in [-0.2, 0) is 19.6 Å². The summed E-state index contributed by atoms with van der Waals surface area (Å²) in [5.41, 5.74) is 0. The van der Waals surface area contributed by atoms with E-state index in [1.165, 1.54) is 23.9 Å². The van der Waals surface area contributed by atoms with E-state index < -0.39 is 22.0 Å². The first kappa shape index (κ1) is 18.8. The van der Waals surface area contributed by atoms with E-state index in [2.05, 4.69) is 4.72 Å². The quantitative estimate of drug-likeness (QED) is 0.711. The summed E-state index contributed by atoms with van der Waals surface area (Å²) in [5, 5.41) is 0. The highest BCUT2D eigenvalue weighted by Gasteiger charge is 2.28. The summed E-state index contributed by atoms with van der Waals surface area (Å²) in [7, 11) is -3.78. The Morgan fingerprint density at radius 1 is 1.48 bits per heavy atom. The highest BCUT2D eigenvalue weighted by atomic mass is 35.5. The summed E-state index contributed by atoms with van der Waals surface area (Å²) in [4.78, 5) is 12.0. The second-order valence-corrected chi connectivity index (χ2v) is 9.14. The third-order valence-electron chi connectivity index (χ3n) is 2.36. The van der Waals surface area contributed by atoms with Crippen molar-refractivity contribution in [2.45, 2.75) is 36.6 Å². The molecule has 1 heterocycles. The first-order valence-electron chi connectivity index (χ1n) is 6.23. The molecule has 0 fully saturated rings. The first-order chi connectivity index (χ1) is 9.76. The van der Waals surface area contributed by atoms with Gasteiger partial charge in [-0.1, -0.05) is 11.6 Å². The van der Waals surface area contributed by atoms with Gasteiger partial charge >= 0.3 is 5.97 Å². The van der Waals surface area contributed by atoms with Gasteiger partial charge in [-0.2, -0.15) is 16.5 Å². The molecule has 0 aliphatic rings. The van der Waals surface area contributed by atoms with Gasteiger partial charge in [0.25, 0.3) is 10.0 Å². The maximum Gasteiger partial charge on any atom is 0.324 e. The van der Waals surface area contributed by atoms with Gasteiger partial charge in [0.1, 0.15) is 10.3 Å². The number of ether oxygens (including phenoxy) is 1. The molecule has 0 saturated heterocycles. The third kappa shape index (κ3) is 6.15. The monoisotopic (exact) mass is 371 g/mol. The van der Waals surface area contributed by atoms with Gasteiger partial charge in [0, 0.05) is 0 Å². The smallest absolute Gasteiger partial charge is 0.324 e. The Morgan fingerprint density at radius 3 is 2.62 bits per heavy atom. The van der Waals surface area contributed by atoms with Crippen molar-refractivity contribution in [2.75, 3.05) is 12.0 Å². The maximum atomic E-state index is 12.2. The van der Waals surface area contributed by atoms with Crippen molar-refractivity contribution in [2.24, 2.45) is 0 Å². The van der Waals surface area contributed by atoms with Crippen molar-refractivity contribution in [1.82, 2.24) is 4.72 Å². The summed E-state index contributed by atoms with van der Waals surface area (Å²) >= 11 is 8.22. The van der Waals surface area contributed by atoms with E-state index in [1.54, 1.807) is 13.8 Å². The normalized spacial score (nSPS) is 13.4. The predicted octanol–water partition coefficient (Wildman–Crippen LogP) is 2.75. The highest BCUT2D eigenvalue weighted by molar-refractivity contribution is 7.98. The van der Waals surface area contributed by atoms with Crippen molar-refractivity contribution < 1.29 is 17.9 Å². The van der Waals surface area contributed by atoms with Gasteiger partial charge in [-0.25, -0.2) is 8.42 Å². The fourth-order valence-electron chi connectivity index (χ4n) is 1.46. The van der Waals surface area contributed by atoms with Crippen LogP contribution in [0.4, 0.5) is 0 Å². The van der Waals surface area contributed by atoms with Gasteiger partial charge in [0.2, 0.25) is 0 Å². The number of thioether (sulfide) groups is 1. The van der Waals surface area contributed by atoms with Crippen molar-refractivity contribution in [3.8, 4) is 0 Å². The minimum atomic E-state index is -3.78. The van der Waals surface area contributed by atoms with Crippen molar-refractivity contribution in [3.63, 3.8) is 0 Å².